The smallest absolute Gasteiger partial charge is 0.262 e. The van der Waals surface area contributed by atoms with Gasteiger partial charge in [0.15, 0.2) is 0 Å². The Morgan fingerprint density at radius 1 is 0.957 bits per heavy atom. The molecular formula is C18H18N2O3. The molecule has 0 spiro atoms. The predicted octanol–water partition coefficient (Wildman–Crippen LogP) is 3.22. The lowest BCUT2D eigenvalue weighted by Crippen LogP contribution is -2.11. The molecule has 0 aliphatic rings. The fraction of sp³-hybridized carbons (Fsp3) is 0.222. The van der Waals surface area contributed by atoms with Gasteiger partial charge in [-0.05, 0) is 26.0 Å². The molecule has 23 heavy (non-hydrogen) atoms. The molecule has 1 heterocycles. The summed E-state index contributed by atoms with van der Waals surface area (Å²) in [5, 5.41) is 0.418. The number of nitrogens with one attached hydrogen (secondary N) is 1. The van der Waals surface area contributed by atoms with Crippen LogP contribution in [0.3, 0.4) is 0 Å². The van der Waals surface area contributed by atoms with Gasteiger partial charge in [-0.25, -0.2) is 4.98 Å². The van der Waals surface area contributed by atoms with Crippen molar-refractivity contribution >= 4 is 10.9 Å². The number of fused-ring (bicyclic) bond motifs is 1. The molecule has 0 aliphatic heterocycles. The van der Waals surface area contributed by atoms with Crippen molar-refractivity contribution in [1.82, 2.24) is 9.97 Å². The van der Waals surface area contributed by atoms with Gasteiger partial charge in [-0.3, -0.25) is 4.79 Å². The van der Waals surface area contributed by atoms with Gasteiger partial charge in [-0.1, -0.05) is 17.2 Å². The lowest BCUT2D eigenvalue weighted by Gasteiger charge is -2.10. The summed E-state index contributed by atoms with van der Waals surface area (Å²) in [5.41, 5.74) is 3.42. The summed E-state index contributed by atoms with van der Waals surface area (Å²) in [6.45, 7) is 4.03. The SMILES string of the molecule is COc1cc(OC)c2c(=O)[nH]c(-c3cc(C)cc(C)c3)nc2c1. The van der Waals surface area contributed by atoms with Crippen LogP contribution in [0.2, 0.25) is 0 Å². The lowest BCUT2D eigenvalue weighted by molar-refractivity contribution is 0.397. The zero-order valence-electron chi connectivity index (χ0n) is 13.6. The van der Waals surface area contributed by atoms with Crippen LogP contribution >= 0.6 is 0 Å². The van der Waals surface area contributed by atoms with E-state index in [4.69, 9.17) is 9.47 Å². The summed E-state index contributed by atoms with van der Waals surface area (Å²) in [6, 6.07) is 9.48. The molecule has 118 valence electrons. The summed E-state index contributed by atoms with van der Waals surface area (Å²) in [4.78, 5) is 19.9. The number of hydrogen-bond acceptors (Lipinski definition) is 4. The van der Waals surface area contributed by atoms with Crippen molar-refractivity contribution in [3.8, 4) is 22.9 Å². The van der Waals surface area contributed by atoms with Gasteiger partial charge in [0.25, 0.3) is 5.56 Å². The van der Waals surface area contributed by atoms with E-state index in [0.717, 1.165) is 16.7 Å². The molecule has 0 unspecified atom stereocenters. The van der Waals surface area contributed by atoms with E-state index < -0.39 is 0 Å². The second-order valence-electron chi connectivity index (χ2n) is 5.51. The number of ether oxygens (including phenoxy) is 2. The first-order valence-corrected chi connectivity index (χ1v) is 7.26. The first kappa shape index (κ1) is 15.1. The van der Waals surface area contributed by atoms with Crippen molar-refractivity contribution in [2.24, 2.45) is 0 Å². The van der Waals surface area contributed by atoms with Gasteiger partial charge in [0, 0.05) is 17.7 Å². The Balaban J connectivity index is 2.30. The molecule has 0 atom stereocenters. The minimum atomic E-state index is -0.233. The highest BCUT2D eigenvalue weighted by Gasteiger charge is 2.13. The molecule has 0 bridgehead atoms. The van der Waals surface area contributed by atoms with Crippen molar-refractivity contribution in [2.75, 3.05) is 14.2 Å². The van der Waals surface area contributed by atoms with E-state index in [0.29, 0.717) is 28.2 Å². The highest BCUT2D eigenvalue weighted by Crippen LogP contribution is 2.29. The number of aryl methyl sites for hydroxylation is 2. The van der Waals surface area contributed by atoms with Crippen molar-refractivity contribution in [3.63, 3.8) is 0 Å². The van der Waals surface area contributed by atoms with Crippen LogP contribution in [0.5, 0.6) is 11.5 Å². The molecule has 0 saturated carbocycles. The summed E-state index contributed by atoms with van der Waals surface area (Å²) >= 11 is 0. The van der Waals surface area contributed by atoms with Crippen molar-refractivity contribution in [1.29, 1.82) is 0 Å². The van der Waals surface area contributed by atoms with Crippen LogP contribution in [0.25, 0.3) is 22.3 Å². The van der Waals surface area contributed by atoms with Crippen LogP contribution in [-0.2, 0) is 0 Å². The number of aromatic amines is 1. The molecule has 2 aromatic carbocycles. The average molecular weight is 310 g/mol. The Morgan fingerprint density at radius 3 is 2.26 bits per heavy atom. The zero-order chi connectivity index (χ0) is 16.6. The largest absolute Gasteiger partial charge is 0.497 e. The fourth-order valence-corrected chi connectivity index (χ4v) is 2.74. The monoisotopic (exact) mass is 310 g/mol. The van der Waals surface area contributed by atoms with Crippen LogP contribution in [0, 0.1) is 13.8 Å². The van der Waals surface area contributed by atoms with E-state index in [1.165, 1.54) is 7.11 Å². The van der Waals surface area contributed by atoms with E-state index in [1.54, 1.807) is 19.2 Å². The molecule has 5 heteroatoms. The minimum absolute atomic E-state index is 0.233. The number of benzene rings is 2. The fourth-order valence-electron chi connectivity index (χ4n) is 2.74. The first-order valence-electron chi connectivity index (χ1n) is 7.26. The Kier molecular flexibility index (Phi) is 3.78. The van der Waals surface area contributed by atoms with E-state index in [-0.39, 0.29) is 5.56 Å². The third-order valence-electron chi connectivity index (χ3n) is 3.70. The predicted molar refractivity (Wildman–Crippen MR) is 90.4 cm³/mol. The first-order chi connectivity index (χ1) is 11.0. The normalized spacial score (nSPS) is 10.8. The molecule has 0 aliphatic carbocycles. The number of H-pyrrole nitrogens is 1. The average Bonchev–Trinajstić information content (AvgIpc) is 2.52. The number of methoxy groups -OCH3 is 2. The Bertz CT molecular complexity index is 925. The second kappa shape index (κ2) is 5.76. The molecule has 3 aromatic rings. The highest BCUT2D eigenvalue weighted by atomic mass is 16.5. The molecule has 1 N–H and O–H groups in total. The Labute approximate surface area is 133 Å². The zero-order valence-corrected chi connectivity index (χ0v) is 13.6. The molecule has 0 fully saturated rings. The summed E-state index contributed by atoms with van der Waals surface area (Å²) in [7, 11) is 3.09. The van der Waals surface area contributed by atoms with E-state index in [1.807, 2.05) is 26.0 Å². The summed E-state index contributed by atoms with van der Waals surface area (Å²) < 4.78 is 10.6. The number of hydrogen-bond donors (Lipinski definition) is 1. The number of nitrogens with zero attached hydrogens (tertiary/aromatic N) is 1. The molecule has 3 rings (SSSR count). The van der Waals surface area contributed by atoms with Gasteiger partial charge in [-0.15, -0.1) is 0 Å². The lowest BCUT2D eigenvalue weighted by atomic mass is 10.1. The third-order valence-corrected chi connectivity index (χ3v) is 3.70. The van der Waals surface area contributed by atoms with Gasteiger partial charge in [0.2, 0.25) is 0 Å². The van der Waals surface area contributed by atoms with E-state index >= 15 is 0 Å². The summed E-state index contributed by atoms with van der Waals surface area (Å²) in [6.07, 6.45) is 0. The minimum Gasteiger partial charge on any atom is -0.497 e. The topological polar surface area (TPSA) is 64.2 Å². The Hall–Kier alpha value is -2.82. The van der Waals surface area contributed by atoms with Gasteiger partial charge < -0.3 is 14.5 Å². The summed E-state index contributed by atoms with van der Waals surface area (Å²) in [5.74, 6) is 1.57. The van der Waals surface area contributed by atoms with E-state index in [2.05, 4.69) is 16.0 Å². The standard InChI is InChI=1S/C18H18N2O3/c1-10-5-11(2)7-12(6-10)17-19-14-8-13(22-3)9-15(23-4)16(14)18(21)20-17/h5-9H,1-4H3,(H,19,20,21). The molecule has 0 radical (unpaired) electrons. The van der Waals surface area contributed by atoms with E-state index in [9.17, 15) is 4.79 Å². The van der Waals surface area contributed by atoms with Crippen molar-refractivity contribution < 1.29 is 9.47 Å². The van der Waals surface area contributed by atoms with Gasteiger partial charge in [-0.2, -0.15) is 0 Å². The van der Waals surface area contributed by atoms with Crippen LogP contribution in [-0.4, -0.2) is 24.2 Å². The number of rotatable bonds is 3. The molecule has 0 amide bonds. The van der Waals surface area contributed by atoms with Crippen LogP contribution < -0.4 is 15.0 Å². The maximum absolute atomic E-state index is 12.5. The molecule has 0 saturated heterocycles. The van der Waals surface area contributed by atoms with Gasteiger partial charge >= 0.3 is 0 Å². The van der Waals surface area contributed by atoms with Crippen molar-refractivity contribution in [3.05, 3.63) is 51.8 Å². The second-order valence-corrected chi connectivity index (χ2v) is 5.51. The third kappa shape index (κ3) is 2.77. The van der Waals surface area contributed by atoms with Gasteiger partial charge in [0.05, 0.1) is 19.7 Å². The van der Waals surface area contributed by atoms with Crippen LogP contribution in [0.15, 0.2) is 35.1 Å². The molecule has 5 nitrogen and oxygen atoms in total. The van der Waals surface area contributed by atoms with Crippen LogP contribution in [0.4, 0.5) is 0 Å². The maximum atomic E-state index is 12.5. The highest BCUT2D eigenvalue weighted by molar-refractivity contribution is 5.87. The maximum Gasteiger partial charge on any atom is 0.262 e. The number of aromatic nitrogens is 2. The quantitative estimate of drug-likeness (QED) is 0.806. The molecule has 1 aromatic heterocycles. The van der Waals surface area contributed by atoms with Crippen LogP contribution in [0.1, 0.15) is 11.1 Å². The molecular weight excluding hydrogens is 292 g/mol. The van der Waals surface area contributed by atoms with Crippen molar-refractivity contribution in [2.45, 2.75) is 13.8 Å². The van der Waals surface area contributed by atoms with Gasteiger partial charge in [0.1, 0.15) is 22.7 Å². The Morgan fingerprint density at radius 2 is 1.65 bits per heavy atom.